The number of nitrogens with one attached hydrogen (secondary N) is 1. The third kappa shape index (κ3) is 3.61. The zero-order valence-electron chi connectivity index (χ0n) is 10.7. The Morgan fingerprint density at radius 1 is 1.10 bits per heavy atom. The maximum absolute atomic E-state index is 12.1. The van der Waals surface area contributed by atoms with Gasteiger partial charge in [-0.3, -0.25) is 4.79 Å². The molecule has 0 aliphatic heterocycles. The normalized spacial score (nSPS) is 11.9. The first-order chi connectivity index (χ1) is 9.47. The lowest BCUT2D eigenvalue weighted by Gasteiger charge is -2.15. The monoisotopic (exact) mass is 397 g/mol. The molecule has 0 spiro atoms. The van der Waals surface area contributed by atoms with Crippen LogP contribution in [-0.2, 0) is 0 Å². The molecule has 1 amide bonds. The van der Waals surface area contributed by atoms with Gasteiger partial charge in [0.25, 0.3) is 5.91 Å². The number of carbonyl (C=O) groups is 1. The summed E-state index contributed by atoms with van der Waals surface area (Å²) in [6.07, 6.45) is 0. The predicted octanol–water partition coefficient (Wildman–Crippen LogP) is 4.41. The summed E-state index contributed by atoms with van der Waals surface area (Å²) in [5.41, 5.74) is 1.26. The summed E-state index contributed by atoms with van der Waals surface area (Å²) in [6.45, 7) is 1.90. The second-order valence-corrected chi connectivity index (χ2v) is 6.24. The molecule has 1 unspecified atom stereocenters. The minimum atomic E-state index is -0.301. The number of rotatable bonds is 3. The van der Waals surface area contributed by atoms with Crippen molar-refractivity contribution in [1.82, 2.24) is 5.32 Å². The number of phenols is 1. The molecule has 2 rings (SSSR count). The average molecular weight is 399 g/mol. The summed E-state index contributed by atoms with van der Waals surface area (Å²) in [7, 11) is 0. The lowest BCUT2D eigenvalue weighted by molar-refractivity contribution is 0.0937. The van der Waals surface area contributed by atoms with Crippen molar-refractivity contribution in [2.75, 3.05) is 0 Å². The Morgan fingerprint density at radius 2 is 1.70 bits per heavy atom. The Labute approximate surface area is 134 Å². The fourth-order valence-corrected chi connectivity index (χ4v) is 2.42. The van der Waals surface area contributed by atoms with Crippen molar-refractivity contribution in [1.29, 1.82) is 0 Å². The van der Waals surface area contributed by atoms with Crippen molar-refractivity contribution in [3.05, 3.63) is 62.5 Å². The van der Waals surface area contributed by atoms with Gasteiger partial charge >= 0.3 is 0 Å². The second kappa shape index (κ2) is 6.41. The summed E-state index contributed by atoms with van der Waals surface area (Å²) in [5.74, 6) is -0.342. The number of halogens is 2. The lowest BCUT2D eigenvalue weighted by Crippen LogP contribution is -2.26. The number of hydrogen-bond donors (Lipinski definition) is 2. The highest BCUT2D eigenvalue weighted by molar-refractivity contribution is 9.10. The van der Waals surface area contributed by atoms with Crippen LogP contribution in [0.4, 0.5) is 0 Å². The third-order valence-electron chi connectivity index (χ3n) is 2.92. The minimum Gasteiger partial charge on any atom is -0.507 e. The third-order valence-corrected chi connectivity index (χ3v) is 3.94. The van der Waals surface area contributed by atoms with Crippen LogP contribution in [0.15, 0.2) is 51.4 Å². The molecule has 5 heteroatoms. The average Bonchev–Trinajstić information content (AvgIpc) is 2.39. The van der Waals surface area contributed by atoms with Gasteiger partial charge in [0.05, 0.1) is 11.6 Å². The highest BCUT2D eigenvalue weighted by Crippen LogP contribution is 2.23. The molecule has 0 fully saturated rings. The van der Waals surface area contributed by atoms with Gasteiger partial charge in [-0.1, -0.05) is 44.0 Å². The lowest BCUT2D eigenvalue weighted by atomic mass is 10.1. The fourth-order valence-electron chi connectivity index (χ4n) is 1.81. The highest BCUT2D eigenvalue weighted by atomic mass is 79.9. The van der Waals surface area contributed by atoms with Crippen LogP contribution < -0.4 is 5.32 Å². The molecule has 0 aliphatic rings. The summed E-state index contributed by atoms with van der Waals surface area (Å²) in [5, 5.41) is 12.6. The van der Waals surface area contributed by atoms with E-state index in [1.807, 2.05) is 31.2 Å². The van der Waals surface area contributed by atoms with Crippen LogP contribution in [0.2, 0.25) is 0 Å². The molecule has 2 N–H and O–H groups in total. The van der Waals surface area contributed by atoms with Crippen molar-refractivity contribution >= 4 is 37.8 Å². The van der Waals surface area contributed by atoms with E-state index in [1.54, 1.807) is 12.1 Å². The van der Waals surface area contributed by atoms with Crippen molar-refractivity contribution < 1.29 is 9.90 Å². The second-order valence-electron chi connectivity index (χ2n) is 4.41. The van der Waals surface area contributed by atoms with Gasteiger partial charge in [-0.15, -0.1) is 0 Å². The number of aromatic hydroxyl groups is 1. The van der Waals surface area contributed by atoms with Crippen molar-refractivity contribution in [3.8, 4) is 5.75 Å². The molecule has 2 aromatic carbocycles. The number of benzene rings is 2. The molecular formula is C15H13Br2NO2. The molecule has 0 heterocycles. The van der Waals surface area contributed by atoms with Gasteiger partial charge in [-0.2, -0.15) is 0 Å². The summed E-state index contributed by atoms with van der Waals surface area (Å²) >= 11 is 6.62. The highest BCUT2D eigenvalue weighted by Gasteiger charge is 2.14. The molecular weight excluding hydrogens is 386 g/mol. The SMILES string of the molecule is CC(NC(=O)c1ccc(Br)cc1O)c1ccc(Br)cc1. The largest absolute Gasteiger partial charge is 0.507 e. The van der Waals surface area contributed by atoms with Crippen molar-refractivity contribution in [3.63, 3.8) is 0 Å². The van der Waals surface area contributed by atoms with E-state index in [2.05, 4.69) is 37.2 Å². The fraction of sp³-hybridized carbons (Fsp3) is 0.133. The molecule has 0 aliphatic carbocycles. The van der Waals surface area contributed by atoms with Gasteiger partial charge in [-0.25, -0.2) is 0 Å². The van der Waals surface area contributed by atoms with Gasteiger partial charge < -0.3 is 10.4 Å². The van der Waals surface area contributed by atoms with Crippen LogP contribution in [0.1, 0.15) is 28.9 Å². The van der Waals surface area contributed by atoms with Gasteiger partial charge in [0, 0.05) is 8.95 Å². The van der Waals surface area contributed by atoms with E-state index in [-0.39, 0.29) is 23.3 Å². The van der Waals surface area contributed by atoms with E-state index < -0.39 is 0 Å². The van der Waals surface area contributed by atoms with Crippen LogP contribution in [0.25, 0.3) is 0 Å². The zero-order chi connectivity index (χ0) is 14.7. The Bertz CT molecular complexity index is 626. The van der Waals surface area contributed by atoms with E-state index in [0.717, 1.165) is 14.5 Å². The van der Waals surface area contributed by atoms with E-state index in [9.17, 15) is 9.90 Å². The number of amides is 1. The van der Waals surface area contributed by atoms with Gasteiger partial charge in [0.2, 0.25) is 0 Å². The smallest absolute Gasteiger partial charge is 0.255 e. The van der Waals surface area contributed by atoms with E-state index >= 15 is 0 Å². The first-order valence-electron chi connectivity index (χ1n) is 6.02. The zero-order valence-corrected chi connectivity index (χ0v) is 13.9. The van der Waals surface area contributed by atoms with E-state index in [1.165, 1.54) is 6.07 Å². The van der Waals surface area contributed by atoms with Crippen LogP contribution in [0.5, 0.6) is 5.75 Å². The molecule has 0 bridgehead atoms. The molecule has 2 aromatic rings. The maximum atomic E-state index is 12.1. The number of phenolic OH excluding ortho intramolecular Hbond substituents is 1. The van der Waals surface area contributed by atoms with Gasteiger partial charge in [0.15, 0.2) is 0 Å². The number of hydrogen-bond acceptors (Lipinski definition) is 2. The molecule has 0 aromatic heterocycles. The number of carbonyl (C=O) groups excluding carboxylic acids is 1. The molecule has 104 valence electrons. The van der Waals surface area contributed by atoms with Crippen molar-refractivity contribution in [2.45, 2.75) is 13.0 Å². The van der Waals surface area contributed by atoms with E-state index in [0.29, 0.717) is 0 Å². The Hall–Kier alpha value is -1.33. The first-order valence-corrected chi connectivity index (χ1v) is 7.61. The van der Waals surface area contributed by atoms with Crippen LogP contribution >= 0.6 is 31.9 Å². The van der Waals surface area contributed by atoms with Crippen LogP contribution in [0.3, 0.4) is 0 Å². The predicted molar refractivity (Wildman–Crippen MR) is 85.8 cm³/mol. The molecule has 3 nitrogen and oxygen atoms in total. The minimum absolute atomic E-state index is 0.0418. The summed E-state index contributed by atoms with van der Waals surface area (Å²) in [6, 6.07) is 12.4. The summed E-state index contributed by atoms with van der Waals surface area (Å²) < 4.78 is 1.72. The Kier molecular flexibility index (Phi) is 4.83. The van der Waals surface area contributed by atoms with Crippen LogP contribution in [-0.4, -0.2) is 11.0 Å². The molecule has 1 atom stereocenters. The van der Waals surface area contributed by atoms with E-state index in [4.69, 9.17) is 0 Å². The first kappa shape index (κ1) is 15.1. The topological polar surface area (TPSA) is 49.3 Å². The summed E-state index contributed by atoms with van der Waals surface area (Å²) in [4.78, 5) is 12.1. The standard InChI is InChI=1S/C15H13Br2NO2/c1-9(10-2-4-11(16)5-3-10)18-15(20)13-7-6-12(17)8-14(13)19/h2-9,19H,1H3,(H,18,20). The molecule has 0 saturated heterocycles. The van der Waals surface area contributed by atoms with Gasteiger partial charge in [0.1, 0.15) is 5.75 Å². The van der Waals surface area contributed by atoms with Crippen LogP contribution in [0, 0.1) is 0 Å². The molecule has 20 heavy (non-hydrogen) atoms. The molecule has 0 saturated carbocycles. The van der Waals surface area contributed by atoms with Gasteiger partial charge in [-0.05, 0) is 42.8 Å². The quantitative estimate of drug-likeness (QED) is 0.804. The Balaban J connectivity index is 2.13. The molecule has 0 radical (unpaired) electrons. The Morgan fingerprint density at radius 3 is 2.30 bits per heavy atom. The van der Waals surface area contributed by atoms with Crippen molar-refractivity contribution in [2.24, 2.45) is 0 Å². The maximum Gasteiger partial charge on any atom is 0.255 e.